The summed E-state index contributed by atoms with van der Waals surface area (Å²) in [6.45, 7) is 3.85. The van der Waals surface area contributed by atoms with Crippen LogP contribution in [0, 0.1) is 13.8 Å². The lowest BCUT2D eigenvalue weighted by atomic mass is 10.2. The summed E-state index contributed by atoms with van der Waals surface area (Å²) in [6.07, 6.45) is 1.77. The molecular formula is C14H12BrN3O. The normalized spacial score (nSPS) is 10.9. The van der Waals surface area contributed by atoms with Crippen LogP contribution in [-0.4, -0.2) is 9.97 Å². The van der Waals surface area contributed by atoms with E-state index in [4.69, 9.17) is 4.42 Å². The third-order valence-electron chi connectivity index (χ3n) is 2.80. The molecule has 1 N–H and O–H groups in total. The van der Waals surface area contributed by atoms with Crippen LogP contribution in [0.5, 0.6) is 0 Å². The van der Waals surface area contributed by atoms with E-state index in [0.717, 1.165) is 32.6 Å². The number of aromatic nitrogens is 2. The smallest absolute Gasteiger partial charge is 0.192 e. The Bertz CT molecular complexity index is 752. The summed E-state index contributed by atoms with van der Waals surface area (Å²) in [5, 5.41) is 3.29. The predicted octanol–water partition coefficient (Wildman–Crippen LogP) is 4.35. The second-order valence-electron chi connectivity index (χ2n) is 4.36. The van der Waals surface area contributed by atoms with Crippen LogP contribution in [0.4, 0.5) is 11.5 Å². The summed E-state index contributed by atoms with van der Waals surface area (Å²) in [6, 6.07) is 7.84. The average molecular weight is 318 g/mol. The van der Waals surface area contributed by atoms with Gasteiger partial charge in [-0.3, -0.25) is 0 Å². The van der Waals surface area contributed by atoms with Gasteiger partial charge in [0, 0.05) is 23.3 Å². The molecule has 0 amide bonds. The van der Waals surface area contributed by atoms with Crippen LogP contribution in [0.1, 0.15) is 11.5 Å². The maximum absolute atomic E-state index is 5.45. The zero-order chi connectivity index (χ0) is 13.4. The standard InChI is InChI=1S/C14H12BrN3O/c1-8-5-10(15)7-16-14(8)18-11-3-4-13-12(6-11)17-9(2)19-13/h3-7H,1-2H3,(H,16,18). The Balaban J connectivity index is 1.96. The molecule has 0 aliphatic carbocycles. The minimum atomic E-state index is 0.671. The summed E-state index contributed by atoms with van der Waals surface area (Å²) in [5.74, 6) is 1.51. The van der Waals surface area contributed by atoms with E-state index in [-0.39, 0.29) is 0 Å². The van der Waals surface area contributed by atoms with Gasteiger partial charge in [0.05, 0.1) is 0 Å². The number of hydrogen-bond acceptors (Lipinski definition) is 4. The topological polar surface area (TPSA) is 51.0 Å². The Kier molecular flexibility index (Phi) is 2.98. The van der Waals surface area contributed by atoms with Crippen molar-refractivity contribution in [2.45, 2.75) is 13.8 Å². The van der Waals surface area contributed by atoms with Crippen molar-refractivity contribution < 1.29 is 4.42 Å². The van der Waals surface area contributed by atoms with Crippen molar-refractivity contribution in [3.05, 3.63) is 46.4 Å². The van der Waals surface area contributed by atoms with Gasteiger partial charge in [0.25, 0.3) is 0 Å². The molecule has 1 aromatic carbocycles. The van der Waals surface area contributed by atoms with Gasteiger partial charge in [0.2, 0.25) is 0 Å². The molecule has 0 radical (unpaired) electrons. The maximum Gasteiger partial charge on any atom is 0.192 e. The molecule has 2 heterocycles. The number of nitrogens with one attached hydrogen (secondary N) is 1. The fraction of sp³-hybridized carbons (Fsp3) is 0.143. The SMILES string of the molecule is Cc1nc2cc(Nc3ncc(Br)cc3C)ccc2o1. The summed E-state index contributed by atoms with van der Waals surface area (Å²) >= 11 is 3.40. The van der Waals surface area contributed by atoms with Crippen LogP contribution >= 0.6 is 15.9 Å². The Morgan fingerprint density at radius 3 is 2.84 bits per heavy atom. The highest BCUT2D eigenvalue weighted by Gasteiger charge is 2.05. The molecule has 0 fully saturated rings. The van der Waals surface area contributed by atoms with Gasteiger partial charge >= 0.3 is 0 Å². The first-order valence-corrected chi connectivity index (χ1v) is 6.67. The first kappa shape index (κ1) is 12.2. The monoisotopic (exact) mass is 317 g/mol. The minimum Gasteiger partial charge on any atom is -0.441 e. The van der Waals surface area contributed by atoms with Gasteiger partial charge in [-0.05, 0) is 52.7 Å². The van der Waals surface area contributed by atoms with Crippen molar-refractivity contribution in [3.8, 4) is 0 Å². The molecule has 0 bridgehead atoms. The molecule has 0 spiro atoms. The summed E-state index contributed by atoms with van der Waals surface area (Å²) in [4.78, 5) is 8.67. The number of halogens is 1. The highest BCUT2D eigenvalue weighted by Crippen LogP contribution is 2.24. The third-order valence-corrected chi connectivity index (χ3v) is 3.24. The van der Waals surface area contributed by atoms with Crippen molar-refractivity contribution in [2.75, 3.05) is 5.32 Å². The lowest BCUT2D eigenvalue weighted by Gasteiger charge is -2.08. The van der Waals surface area contributed by atoms with E-state index in [9.17, 15) is 0 Å². The lowest BCUT2D eigenvalue weighted by molar-refractivity contribution is 0.561. The van der Waals surface area contributed by atoms with Gasteiger partial charge in [-0.15, -0.1) is 0 Å². The van der Waals surface area contributed by atoms with Gasteiger partial charge < -0.3 is 9.73 Å². The van der Waals surface area contributed by atoms with Gasteiger partial charge in [0.1, 0.15) is 11.3 Å². The number of fused-ring (bicyclic) bond motifs is 1. The van der Waals surface area contributed by atoms with Crippen LogP contribution in [0.3, 0.4) is 0 Å². The van der Waals surface area contributed by atoms with Crippen LogP contribution in [-0.2, 0) is 0 Å². The Morgan fingerprint density at radius 1 is 1.21 bits per heavy atom. The summed E-state index contributed by atoms with van der Waals surface area (Å²) < 4.78 is 6.42. The van der Waals surface area contributed by atoms with Crippen LogP contribution in [0.2, 0.25) is 0 Å². The Hall–Kier alpha value is -1.88. The molecule has 0 atom stereocenters. The van der Waals surface area contributed by atoms with Gasteiger partial charge in [-0.2, -0.15) is 0 Å². The fourth-order valence-corrected chi connectivity index (χ4v) is 2.37. The molecule has 19 heavy (non-hydrogen) atoms. The van der Waals surface area contributed by atoms with E-state index in [2.05, 4.69) is 31.2 Å². The third kappa shape index (κ3) is 2.46. The second kappa shape index (κ2) is 4.66. The first-order valence-electron chi connectivity index (χ1n) is 5.88. The minimum absolute atomic E-state index is 0.671. The fourth-order valence-electron chi connectivity index (χ4n) is 1.93. The Morgan fingerprint density at radius 2 is 2.05 bits per heavy atom. The molecule has 0 saturated heterocycles. The van der Waals surface area contributed by atoms with E-state index >= 15 is 0 Å². The molecule has 4 nitrogen and oxygen atoms in total. The highest BCUT2D eigenvalue weighted by molar-refractivity contribution is 9.10. The van der Waals surface area contributed by atoms with Crippen LogP contribution < -0.4 is 5.32 Å². The quantitative estimate of drug-likeness (QED) is 0.763. The number of aryl methyl sites for hydroxylation is 2. The second-order valence-corrected chi connectivity index (χ2v) is 5.28. The van der Waals surface area contributed by atoms with Crippen molar-refractivity contribution in [1.82, 2.24) is 9.97 Å². The summed E-state index contributed by atoms with van der Waals surface area (Å²) in [7, 11) is 0. The van der Waals surface area contributed by atoms with Gasteiger partial charge in [-0.1, -0.05) is 0 Å². The predicted molar refractivity (Wildman–Crippen MR) is 78.7 cm³/mol. The molecule has 2 aromatic heterocycles. The zero-order valence-corrected chi connectivity index (χ0v) is 12.2. The maximum atomic E-state index is 5.45. The largest absolute Gasteiger partial charge is 0.441 e. The molecule has 3 aromatic rings. The molecule has 96 valence electrons. The lowest BCUT2D eigenvalue weighted by Crippen LogP contribution is -1.96. The van der Waals surface area contributed by atoms with Crippen molar-refractivity contribution in [3.63, 3.8) is 0 Å². The molecular weight excluding hydrogens is 306 g/mol. The van der Waals surface area contributed by atoms with E-state index < -0.39 is 0 Å². The molecule has 0 aliphatic heterocycles. The number of nitrogens with zero attached hydrogens (tertiary/aromatic N) is 2. The number of anilines is 2. The summed E-state index contributed by atoms with van der Waals surface area (Å²) in [5.41, 5.74) is 3.66. The van der Waals surface area contributed by atoms with Gasteiger partial charge in [0.15, 0.2) is 11.5 Å². The van der Waals surface area contributed by atoms with Crippen molar-refractivity contribution in [1.29, 1.82) is 0 Å². The van der Waals surface area contributed by atoms with Crippen LogP contribution in [0.15, 0.2) is 39.4 Å². The van der Waals surface area contributed by atoms with Crippen LogP contribution in [0.25, 0.3) is 11.1 Å². The molecule has 5 heteroatoms. The van der Waals surface area contributed by atoms with E-state index in [1.807, 2.05) is 38.1 Å². The number of hydrogen-bond donors (Lipinski definition) is 1. The van der Waals surface area contributed by atoms with E-state index in [1.54, 1.807) is 6.20 Å². The Labute approximate surface area is 119 Å². The number of benzene rings is 1. The first-order chi connectivity index (χ1) is 9.11. The number of oxazole rings is 1. The zero-order valence-electron chi connectivity index (χ0n) is 10.6. The van der Waals surface area contributed by atoms with Crippen molar-refractivity contribution in [2.24, 2.45) is 0 Å². The molecule has 0 unspecified atom stereocenters. The highest BCUT2D eigenvalue weighted by atomic mass is 79.9. The molecule has 0 aliphatic rings. The molecule has 0 saturated carbocycles. The van der Waals surface area contributed by atoms with E-state index in [1.165, 1.54) is 0 Å². The molecule has 3 rings (SSSR count). The van der Waals surface area contributed by atoms with Crippen molar-refractivity contribution >= 4 is 38.5 Å². The number of rotatable bonds is 2. The number of pyridine rings is 1. The van der Waals surface area contributed by atoms with Gasteiger partial charge in [-0.25, -0.2) is 9.97 Å². The average Bonchev–Trinajstić information content (AvgIpc) is 2.72. The van der Waals surface area contributed by atoms with E-state index in [0.29, 0.717) is 5.89 Å².